The van der Waals surface area contributed by atoms with E-state index < -0.39 is 6.10 Å². The molecule has 5 rings (SSSR count). The summed E-state index contributed by atoms with van der Waals surface area (Å²) < 4.78 is 5.55. The lowest BCUT2D eigenvalue weighted by molar-refractivity contribution is -0.122. The Morgan fingerprint density at radius 1 is 1.14 bits per heavy atom. The van der Waals surface area contributed by atoms with Gasteiger partial charge in [-0.3, -0.25) is 9.59 Å². The molecule has 0 saturated carbocycles. The van der Waals surface area contributed by atoms with Crippen LogP contribution in [0.15, 0.2) is 48.5 Å². The predicted octanol–water partition coefficient (Wildman–Crippen LogP) is 4.49. The van der Waals surface area contributed by atoms with Crippen molar-refractivity contribution in [3.05, 3.63) is 64.5 Å². The van der Waals surface area contributed by atoms with Gasteiger partial charge in [0.25, 0.3) is 11.8 Å². The highest BCUT2D eigenvalue weighted by molar-refractivity contribution is 7.17. The average molecular weight is 390 g/mol. The number of nitrogens with one attached hydrogen (secondary N) is 2. The van der Waals surface area contributed by atoms with Crippen molar-refractivity contribution < 1.29 is 14.3 Å². The summed E-state index contributed by atoms with van der Waals surface area (Å²) in [7, 11) is 0. The van der Waals surface area contributed by atoms with Gasteiger partial charge in [-0.2, -0.15) is 0 Å². The summed E-state index contributed by atoms with van der Waals surface area (Å²) >= 11 is 1.53. The van der Waals surface area contributed by atoms with E-state index >= 15 is 0 Å². The van der Waals surface area contributed by atoms with Crippen LogP contribution in [0.4, 0.5) is 11.4 Å². The van der Waals surface area contributed by atoms with Gasteiger partial charge in [-0.05, 0) is 60.7 Å². The van der Waals surface area contributed by atoms with Crippen LogP contribution in [0, 0.1) is 0 Å². The van der Waals surface area contributed by atoms with Crippen LogP contribution < -0.4 is 15.4 Å². The van der Waals surface area contributed by atoms with Crippen LogP contribution in [0.3, 0.4) is 0 Å². The summed E-state index contributed by atoms with van der Waals surface area (Å²) in [6, 6.07) is 15.6. The van der Waals surface area contributed by atoms with E-state index in [2.05, 4.69) is 28.8 Å². The van der Waals surface area contributed by atoms with Gasteiger partial charge in [0.15, 0.2) is 6.10 Å². The van der Waals surface area contributed by atoms with E-state index in [0.717, 1.165) is 12.8 Å². The SMILES string of the molecule is CC1Oc2ccc(NC(=O)c3cc4c(s3)-c3ccccc3CC4)cc2NC1=O. The molecule has 3 aromatic rings. The van der Waals surface area contributed by atoms with Gasteiger partial charge in [-0.15, -0.1) is 11.3 Å². The van der Waals surface area contributed by atoms with Gasteiger partial charge < -0.3 is 15.4 Å². The predicted molar refractivity (Wildman–Crippen MR) is 110 cm³/mol. The number of fused-ring (bicyclic) bond motifs is 4. The van der Waals surface area contributed by atoms with Crippen molar-refractivity contribution in [2.24, 2.45) is 0 Å². The molecule has 0 spiro atoms. The van der Waals surface area contributed by atoms with Crippen LogP contribution >= 0.6 is 11.3 Å². The number of carbonyl (C=O) groups excluding carboxylic acids is 2. The number of aryl methyl sites for hydroxylation is 2. The highest BCUT2D eigenvalue weighted by atomic mass is 32.1. The van der Waals surface area contributed by atoms with E-state index in [1.807, 2.05) is 12.1 Å². The van der Waals surface area contributed by atoms with E-state index in [9.17, 15) is 9.59 Å². The van der Waals surface area contributed by atoms with Crippen LogP contribution in [0.1, 0.15) is 27.7 Å². The first kappa shape index (κ1) is 17.0. The molecule has 1 unspecified atom stereocenters. The number of amides is 2. The Morgan fingerprint density at radius 3 is 2.86 bits per heavy atom. The minimum absolute atomic E-state index is 0.145. The van der Waals surface area contributed by atoms with E-state index in [0.29, 0.717) is 22.0 Å². The van der Waals surface area contributed by atoms with Gasteiger partial charge in [0.05, 0.1) is 10.6 Å². The first-order valence-corrected chi connectivity index (χ1v) is 10.0. The molecule has 0 bridgehead atoms. The summed E-state index contributed by atoms with van der Waals surface area (Å²) in [5, 5.41) is 5.73. The van der Waals surface area contributed by atoms with Gasteiger partial charge in [0.2, 0.25) is 0 Å². The summed E-state index contributed by atoms with van der Waals surface area (Å²) in [4.78, 5) is 26.5. The van der Waals surface area contributed by atoms with Crippen molar-refractivity contribution in [3.8, 4) is 16.2 Å². The van der Waals surface area contributed by atoms with E-state index in [-0.39, 0.29) is 11.8 Å². The van der Waals surface area contributed by atoms with Crippen molar-refractivity contribution in [1.82, 2.24) is 0 Å². The van der Waals surface area contributed by atoms with Gasteiger partial charge in [-0.1, -0.05) is 24.3 Å². The molecule has 2 heterocycles. The van der Waals surface area contributed by atoms with Crippen molar-refractivity contribution in [2.45, 2.75) is 25.9 Å². The van der Waals surface area contributed by atoms with Crippen LogP contribution in [-0.2, 0) is 17.6 Å². The maximum absolute atomic E-state index is 12.8. The molecule has 1 atom stereocenters. The highest BCUT2D eigenvalue weighted by Crippen LogP contribution is 2.40. The summed E-state index contributed by atoms with van der Waals surface area (Å²) in [5.41, 5.74) is 4.99. The number of thiophene rings is 1. The van der Waals surface area contributed by atoms with Crippen LogP contribution in [0.5, 0.6) is 5.75 Å². The zero-order valence-electron chi connectivity index (χ0n) is 15.2. The molecule has 6 heteroatoms. The van der Waals surface area contributed by atoms with E-state index in [1.165, 1.54) is 32.9 Å². The largest absolute Gasteiger partial charge is 0.479 e. The summed E-state index contributed by atoms with van der Waals surface area (Å²) in [5.74, 6) is 0.266. The monoisotopic (exact) mass is 390 g/mol. The number of hydrogen-bond acceptors (Lipinski definition) is 4. The maximum atomic E-state index is 12.8. The number of carbonyl (C=O) groups is 2. The number of ether oxygens (including phenoxy) is 1. The molecule has 5 nitrogen and oxygen atoms in total. The average Bonchev–Trinajstić information content (AvgIpc) is 3.14. The minimum Gasteiger partial charge on any atom is -0.479 e. The molecule has 2 N–H and O–H groups in total. The first-order chi connectivity index (χ1) is 13.6. The molecule has 0 saturated heterocycles. The second-order valence-electron chi connectivity index (χ2n) is 7.04. The Morgan fingerprint density at radius 2 is 1.96 bits per heavy atom. The second kappa shape index (κ2) is 6.49. The molecule has 1 aromatic heterocycles. The quantitative estimate of drug-likeness (QED) is 0.678. The minimum atomic E-state index is -0.520. The van der Waals surface area contributed by atoms with E-state index in [4.69, 9.17) is 4.74 Å². The number of anilines is 2. The zero-order chi connectivity index (χ0) is 19.3. The fourth-order valence-electron chi connectivity index (χ4n) is 3.66. The number of rotatable bonds is 2. The van der Waals surface area contributed by atoms with Gasteiger partial charge in [0, 0.05) is 10.6 Å². The van der Waals surface area contributed by atoms with Gasteiger partial charge in [0.1, 0.15) is 5.75 Å². The Hall–Kier alpha value is -3.12. The van der Waals surface area contributed by atoms with Crippen LogP contribution in [-0.4, -0.2) is 17.9 Å². The third-order valence-electron chi connectivity index (χ3n) is 5.13. The molecule has 1 aliphatic heterocycles. The van der Waals surface area contributed by atoms with E-state index in [1.54, 1.807) is 25.1 Å². The number of benzene rings is 2. The maximum Gasteiger partial charge on any atom is 0.265 e. The molecule has 28 heavy (non-hydrogen) atoms. The Labute approximate surface area is 166 Å². The highest BCUT2D eigenvalue weighted by Gasteiger charge is 2.24. The lowest BCUT2D eigenvalue weighted by atomic mass is 9.91. The zero-order valence-corrected chi connectivity index (χ0v) is 16.1. The topological polar surface area (TPSA) is 67.4 Å². The second-order valence-corrected chi connectivity index (χ2v) is 8.09. The van der Waals surface area contributed by atoms with Crippen LogP contribution in [0.25, 0.3) is 10.4 Å². The van der Waals surface area contributed by atoms with Gasteiger partial charge in [-0.25, -0.2) is 0 Å². The molecule has 140 valence electrons. The molecule has 2 amide bonds. The molecule has 0 radical (unpaired) electrons. The third-order valence-corrected chi connectivity index (χ3v) is 6.34. The van der Waals surface area contributed by atoms with Crippen molar-refractivity contribution in [3.63, 3.8) is 0 Å². The lowest BCUT2D eigenvalue weighted by Gasteiger charge is -2.23. The Bertz CT molecular complexity index is 1120. The van der Waals surface area contributed by atoms with Gasteiger partial charge >= 0.3 is 0 Å². The fraction of sp³-hybridized carbons (Fsp3) is 0.182. The normalized spacial score (nSPS) is 16.9. The Balaban J connectivity index is 1.40. The molecular weight excluding hydrogens is 372 g/mol. The fourth-order valence-corrected chi connectivity index (χ4v) is 4.83. The molecule has 2 aromatic carbocycles. The molecule has 0 fully saturated rings. The van der Waals surface area contributed by atoms with Crippen molar-refractivity contribution in [1.29, 1.82) is 0 Å². The van der Waals surface area contributed by atoms with Crippen molar-refractivity contribution in [2.75, 3.05) is 10.6 Å². The summed E-state index contributed by atoms with van der Waals surface area (Å²) in [6.45, 7) is 1.70. The third kappa shape index (κ3) is 2.86. The lowest BCUT2D eigenvalue weighted by Crippen LogP contribution is -2.34. The molecular formula is C22H18N2O3S. The standard InChI is InChI=1S/C22H18N2O3S/c1-12-21(25)24-17-11-15(8-9-18(17)27-12)23-22(26)19-10-14-7-6-13-4-2-3-5-16(13)20(14)28-19/h2-5,8-12H,6-7H2,1H3,(H,23,26)(H,24,25). The van der Waals surface area contributed by atoms with Crippen molar-refractivity contribution >= 4 is 34.5 Å². The number of hydrogen-bond donors (Lipinski definition) is 2. The smallest absolute Gasteiger partial charge is 0.265 e. The summed E-state index contributed by atoms with van der Waals surface area (Å²) in [6.07, 6.45) is 1.44. The molecule has 1 aliphatic carbocycles. The van der Waals surface area contributed by atoms with Crippen LogP contribution in [0.2, 0.25) is 0 Å². The first-order valence-electron chi connectivity index (χ1n) is 9.22. The Kier molecular flexibility index (Phi) is 3.94. The molecule has 2 aliphatic rings.